The van der Waals surface area contributed by atoms with E-state index < -0.39 is 0 Å². The van der Waals surface area contributed by atoms with Gasteiger partial charge in [-0.3, -0.25) is 0 Å². The fraction of sp³-hybridized carbons (Fsp3) is 0.636. The maximum Gasteiger partial charge on any atom is 0.105 e. The van der Waals surface area contributed by atoms with Crippen molar-refractivity contribution >= 4 is 11.3 Å². The van der Waals surface area contributed by atoms with Gasteiger partial charge in [-0.05, 0) is 39.8 Å². The van der Waals surface area contributed by atoms with Crippen LogP contribution in [0.5, 0.6) is 0 Å². The van der Waals surface area contributed by atoms with Crippen LogP contribution in [0.3, 0.4) is 0 Å². The lowest BCUT2D eigenvalue weighted by Gasteiger charge is -2.26. The second-order valence-corrected chi connectivity index (χ2v) is 5.72. The third-order valence-electron chi connectivity index (χ3n) is 1.79. The molecule has 0 fully saturated rings. The van der Waals surface area contributed by atoms with E-state index in [0.29, 0.717) is 6.54 Å². The van der Waals surface area contributed by atoms with E-state index >= 15 is 0 Å². The monoisotopic (exact) mass is 213 g/mol. The summed E-state index contributed by atoms with van der Waals surface area (Å²) in [5, 5.41) is 0. The van der Waals surface area contributed by atoms with Crippen molar-refractivity contribution in [3.05, 3.63) is 21.9 Å². The minimum Gasteiger partial charge on any atom is -0.366 e. The van der Waals surface area contributed by atoms with Crippen molar-refractivity contribution in [2.24, 2.45) is 5.73 Å². The summed E-state index contributed by atoms with van der Waals surface area (Å²) < 4.78 is 5.87. The molecule has 1 rings (SSSR count). The molecule has 0 bridgehead atoms. The van der Waals surface area contributed by atoms with Gasteiger partial charge in [-0.2, -0.15) is 0 Å². The first kappa shape index (κ1) is 11.7. The number of aryl methyl sites for hydroxylation is 1. The van der Waals surface area contributed by atoms with Crippen LogP contribution < -0.4 is 5.73 Å². The highest BCUT2D eigenvalue weighted by atomic mass is 32.1. The predicted molar refractivity (Wildman–Crippen MR) is 61.7 cm³/mol. The first-order valence-electron chi connectivity index (χ1n) is 4.86. The van der Waals surface area contributed by atoms with Crippen molar-refractivity contribution < 1.29 is 4.74 Å². The second kappa shape index (κ2) is 4.43. The summed E-state index contributed by atoms with van der Waals surface area (Å²) >= 11 is 1.76. The number of thiophene rings is 1. The molecule has 0 aliphatic rings. The molecule has 0 amide bonds. The second-order valence-electron chi connectivity index (χ2n) is 4.40. The Morgan fingerprint density at radius 2 is 2.07 bits per heavy atom. The Balaban J connectivity index is 2.72. The molecule has 1 aromatic rings. The average molecular weight is 213 g/mol. The minimum atomic E-state index is -0.137. The number of hydrogen-bond donors (Lipinski definition) is 1. The fourth-order valence-electron chi connectivity index (χ4n) is 1.28. The Labute approximate surface area is 90.1 Å². The molecule has 2 nitrogen and oxygen atoms in total. The van der Waals surface area contributed by atoms with Gasteiger partial charge >= 0.3 is 0 Å². The third-order valence-corrected chi connectivity index (χ3v) is 2.88. The quantitative estimate of drug-likeness (QED) is 0.838. The zero-order chi connectivity index (χ0) is 10.8. The SMILES string of the molecule is Cc1ccc(C(CN)OC(C)(C)C)s1. The maximum atomic E-state index is 5.87. The Hall–Kier alpha value is -0.380. The van der Waals surface area contributed by atoms with Crippen molar-refractivity contribution in [1.82, 2.24) is 0 Å². The highest BCUT2D eigenvalue weighted by molar-refractivity contribution is 7.12. The molecule has 80 valence electrons. The molecule has 1 atom stereocenters. The van der Waals surface area contributed by atoms with Crippen LogP contribution in [0.25, 0.3) is 0 Å². The van der Waals surface area contributed by atoms with Gasteiger partial charge in [0.2, 0.25) is 0 Å². The number of ether oxygens (including phenoxy) is 1. The van der Waals surface area contributed by atoms with Gasteiger partial charge in [0.1, 0.15) is 6.10 Å². The third kappa shape index (κ3) is 3.40. The lowest BCUT2D eigenvalue weighted by atomic mass is 10.1. The van der Waals surface area contributed by atoms with Gasteiger partial charge in [0.25, 0.3) is 0 Å². The van der Waals surface area contributed by atoms with Crippen molar-refractivity contribution in [1.29, 1.82) is 0 Å². The van der Waals surface area contributed by atoms with E-state index in [0.717, 1.165) is 0 Å². The first-order valence-corrected chi connectivity index (χ1v) is 5.68. The number of nitrogens with two attached hydrogens (primary N) is 1. The zero-order valence-electron chi connectivity index (χ0n) is 9.33. The molecule has 0 saturated carbocycles. The van der Waals surface area contributed by atoms with Gasteiger partial charge in [-0.15, -0.1) is 11.3 Å². The first-order chi connectivity index (χ1) is 6.42. The molecule has 0 aliphatic heterocycles. The van der Waals surface area contributed by atoms with E-state index in [9.17, 15) is 0 Å². The maximum absolute atomic E-state index is 5.87. The Kier molecular flexibility index (Phi) is 3.70. The molecule has 0 radical (unpaired) electrons. The Bertz CT molecular complexity index is 288. The van der Waals surface area contributed by atoms with Crippen molar-refractivity contribution in [2.45, 2.75) is 39.4 Å². The van der Waals surface area contributed by atoms with Crippen LogP contribution in [0.15, 0.2) is 12.1 Å². The van der Waals surface area contributed by atoms with Gasteiger partial charge in [-0.25, -0.2) is 0 Å². The average Bonchev–Trinajstić information content (AvgIpc) is 2.46. The summed E-state index contributed by atoms with van der Waals surface area (Å²) in [4.78, 5) is 2.52. The van der Waals surface area contributed by atoms with Crippen molar-refractivity contribution in [3.8, 4) is 0 Å². The van der Waals surface area contributed by atoms with Crippen LogP contribution in [0, 0.1) is 6.92 Å². The van der Waals surface area contributed by atoms with E-state index in [2.05, 4.69) is 39.8 Å². The molecule has 2 N–H and O–H groups in total. The fourth-order valence-corrected chi connectivity index (χ4v) is 2.20. The molecular formula is C11H19NOS. The Morgan fingerprint density at radius 1 is 1.43 bits per heavy atom. The number of rotatable bonds is 3. The van der Waals surface area contributed by atoms with Crippen molar-refractivity contribution in [3.63, 3.8) is 0 Å². The smallest absolute Gasteiger partial charge is 0.105 e. The molecule has 14 heavy (non-hydrogen) atoms. The predicted octanol–water partition coefficient (Wildman–Crippen LogP) is 2.87. The van der Waals surface area contributed by atoms with Gasteiger partial charge < -0.3 is 10.5 Å². The van der Waals surface area contributed by atoms with E-state index in [1.807, 2.05) is 0 Å². The summed E-state index contributed by atoms with van der Waals surface area (Å²) in [6, 6.07) is 4.21. The Morgan fingerprint density at radius 3 is 2.43 bits per heavy atom. The van der Waals surface area contributed by atoms with Gasteiger partial charge in [0, 0.05) is 16.3 Å². The summed E-state index contributed by atoms with van der Waals surface area (Å²) in [6.07, 6.45) is 0.0358. The lowest BCUT2D eigenvalue weighted by molar-refractivity contribution is -0.0557. The van der Waals surface area contributed by atoms with Crippen LogP contribution in [0.4, 0.5) is 0 Å². The van der Waals surface area contributed by atoms with Crippen LogP contribution >= 0.6 is 11.3 Å². The lowest BCUT2D eigenvalue weighted by Crippen LogP contribution is -2.26. The summed E-state index contributed by atoms with van der Waals surface area (Å²) in [5.41, 5.74) is 5.57. The number of hydrogen-bond acceptors (Lipinski definition) is 3. The van der Waals surface area contributed by atoms with E-state index in [1.165, 1.54) is 9.75 Å². The summed E-state index contributed by atoms with van der Waals surface area (Å²) in [7, 11) is 0. The topological polar surface area (TPSA) is 35.2 Å². The molecule has 0 aromatic carbocycles. The molecule has 3 heteroatoms. The van der Waals surface area contributed by atoms with Gasteiger partial charge in [0.05, 0.1) is 5.60 Å². The van der Waals surface area contributed by atoms with E-state index in [-0.39, 0.29) is 11.7 Å². The van der Waals surface area contributed by atoms with Crippen LogP contribution in [-0.2, 0) is 4.74 Å². The van der Waals surface area contributed by atoms with Crippen LogP contribution in [0.2, 0.25) is 0 Å². The molecule has 0 saturated heterocycles. The standard InChI is InChI=1S/C11H19NOS/c1-8-5-6-10(14-8)9(7-12)13-11(2,3)4/h5-6,9H,7,12H2,1-4H3. The normalized spacial score (nSPS) is 14.4. The van der Waals surface area contributed by atoms with Crippen LogP contribution in [-0.4, -0.2) is 12.1 Å². The van der Waals surface area contributed by atoms with Crippen molar-refractivity contribution in [2.75, 3.05) is 6.54 Å². The van der Waals surface area contributed by atoms with E-state index in [4.69, 9.17) is 10.5 Å². The summed E-state index contributed by atoms with van der Waals surface area (Å²) in [5.74, 6) is 0. The molecule has 0 spiro atoms. The molecule has 1 aromatic heterocycles. The molecule has 0 aliphatic carbocycles. The zero-order valence-corrected chi connectivity index (χ0v) is 10.1. The van der Waals surface area contributed by atoms with Gasteiger partial charge in [-0.1, -0.05) is 0 Å². The minimum absolute atomic E-state index is 0.0358. The molecule has 1 heterocycles. The molecular weight excluding hydrogens is 194 g/mol. The van der Waals surface area contributed by atoms with Gasteiger partial charge in [0.15, 0.2) is 0 Å². The highest BCUT2D eigenvalue weighted by Crippen LogP contribution is 2.28. The largest absolute Gasteiger partial charge is 0.366 e. The van der Waals surface area contributed by atoms with E-state index in [1.54, 1.807) is 11.3 Å². The summed E-state index contributed by atoms with van der Waals surface area (Å²) in [6.45, 7) is 8.79. The molecule has 1 unspecified atom stereocenters. The van der Waals surface area contributed by atoms with Crippen LogP contribution in [0.1, 0.15) is 36.6 Å². The highest BCUT2D eigenvalue weighted by Gasteiger charge is 2.20.